The summed E-state index contributed by atoms with van der Waals surface area (Å²) in [4.78, 5) is 2.47. The van der Waals surface area contributed by atoms with E-state index in [2.05, 4.69) is 81.5 Å². The number of allylic oxidation sites excluding steroid dienone is 3. The Labute approximate surface area is 148 Å². The Morgan fingerprint density at radius 3 is 1.92 bits per heavy atom. The lowest BCUT2D eigenvalue weighted by Crippen LogP contribution is -2.35. The second-order valence-corrected chi connectivity index (χ2v) is 6.17. The second-order valence-electron chi connectivity index (χ2n) is 6.17. The lowest BCUT2D eigenvalue weighted by molar-refractivity contribution is 0.437. The highest BCUT2D eigenvalue weighted by Crippen LogP contribution is 2.39. The van der Waals surface area contributed by atoms with Gasteiger partial charge in [0.05, 0.1) is 12.1 Å². The topological polar surface area (TPSA) is 3.24 Å². The zero-order valence-corrected chi connectivity index (χ0v) is 15.4. The van der Waals surface area contributed by atoms with Crippen molar-refractivity contribution in [3.8, 4) is 0 Å². The molecular formula is C23H31N. The van der Waals surface area contributed by atoms with Crippen LogP contribution in [0.1, 0.15) is 26.3 Å². The standard InChI is InChI=1S/C20H25N.C3H6/c1-6-9-10-20-16(5)15(4)19(8-3)21(20)18-13-11-17(7-2)12-14-18;1-3-2/h6-16,19-20H,1-3H2,4-5H3;3H,1H2,2H3/b10-9-;. The number of anilines is 1. The van der Waals surface area contributed by atoms with E-state index in [1.54, 1.807) is 6.08 Å². The molecule has 0 N–H and O–H groups in total. The Morgan fingerprint density at radius 2 is 1.46 bits per heavy atom. The molecule has 0 spiro atoms. The fourth-order valence-corrected chi connectivity index (χ4v) is 3.24. The van der Waals surface area contributed by atoms with E-state index in [9.17, 15) is 0 Å². The SMILES string of the molecule is C=C/C=C\C1C(C)C(C)C(C=C)N1c1ccc(C=C)cc1.C=CC. The molecule has 4 unspecified atom stereocenters. The van der Waals surface area contributed by atoms with Crippen LogP contribution in [-0.2, 0) is 0 Å². The fraction of sp³-hybridized carbons (Fsp3) is 0.304. The van der Waals surface area contributed by atoms with Crippen LogP contribution < -0.4 is 4.90 Å². The molecule has 128 valence electrons. The van der Waals surface area contributed by atoms with E-state index < -0.39 is 0 Å². The summed E-state index contributed by atoms with van der Waals surface area (Å²) in [6, 6.07) is 9.30. The smallest absolute Gasteiger partial charge is 0.0511 e. The molecule has 1 aromatic carbocycles. The third-order valence-electron chi connectivity index (χ3n) is 4.66. The van der Waals surface area contributed by atoms with Crippen molar-refractivity contribution in [3.05, 3.63) is 86.5 Å². The van der Waals surface area contributed by atoms with Gasteiger partial charge in [-0.3, -0.25) is 0 Å². The van der Waals surface area contributed by atoms with Crippen molar-refractivity contribution >= 4 is 11.8 Å². The van der Waals surface area contributed by atoms with Crippen LogP contribution in [0, 0.1) is 11.8 Å². The van der Waals surface area contributed by atoms with E-state index in [0.717, 1.165) is 5.56 Å². The molecule has 1 aliphatic heterocycles. The first kappa shape index (κ1) is 19.8. The van der Waals surface area contributed by atoms with Crippen LogP contribution in [0.25, 0.3) is 6.08 Å². The Balaban J connectivity index is 0.000000891. The van der Waals surface area contributed by atoms with E-state index in [-0.39, 0.29) is 0 Å². The zero-order chi connectivity index (χ0) is 18.1. The minimum Gasteiger partial charge on any atom is -0.358 e. The zero-order valence-electron chi connectivity index (χ0n) is 15.4. The molecule has 0 saturated carbocycles. The van der Waals surface area contributed by atoms with Crippen LogP contribution in [0.15, 0.2) is 81.0 Å². The summed E-state index contributed by atoms with van der Waals surface area (Å²) < 4.78 is 0. The molecule has 1 nitrogen and oxygen atoms in total. The normalized spacial score (nSPS) is 25.7. The Morgan fingerprint density at radius 1 is 0.917 bits per heavy atom. The number of hydrogen-bond acceptors (Lipinski definition) is 1. The summed E-state index contributed by atoms with van der Waals surface area (Å²) in [5, 5.41) is 0. The van der Waals surface area contributed by atoms with Gasteiger partial charge in [0.2, 0.25) is 0 Å². The molecule has 0 aromatic heterocycles. The number of nitrogens with zero attached hydrogens (tertiary/aromatic N) is 1. The lowest BCUT2D eigenvalue weighted by atomic mass is 9.90. The lowest BCUT2D eigenvalue weighted by Gasteiger charge is -2.31. The van der Waals surface area contributed by atoms with E-state index >= 15 is 0 Å². The molecule has 1 aliphatic rings. The molecule has 1 aromatic rings. The molecular weight excluding hydrogens is 290 g/mol. The van der Waals surface area contributed by atoms with Gasteiger partial charge in [-0.05, 0) is 36.5 Å². The predicted molar refractivity (Wildman–Crippen MR) is 110 cm³/mol. The Hall–Kier alpha value is -2.28. The Bertz CT molecular complexity index is 579. The van der Waals surface area contributed by atoms with Crippen molar-refractivity contribution in [2.24, 2.45) is 11.8 Å². The highest BCUT2D eigenvalue weighted by molar-refractivity contribution is 5.58. The van der Waals surface area contributed by atoms with Crippen LogP contribution >= 0.6 is 0 Å². The number of benzene rings is 1. The highest BCUT2D eigenvalue weighted by Gasteiger charge is 2.41. The first-order valence-electron chi connectivity index (χ1n) is 8.55. The van der Waals surface area contributed by atoms with E-state index in [1.807, 2.05) is 25.2 Å². The largest absolute Gasteiger partial charge is 0.358 e. The van der Waals surface area contributed by atoms with Gasteiger partial charge in [0, 0.05) is 5.69 Å². The summed E-state index contributed by atoms with van der Waals surface area (Å²) in [6.45, 7) is 21.5. The number of rotatable bonds is 5. The fourth-order valence-electron chi connectivity index (χ4n) is 3.24. The van der Waals surface area contributed by atoms with Gasteiger partial charge in [-0.2, -0.15) is 0 Å². The van der Waals surface area contributed by atoms with Crippen molar-refractivity contribution < 1.29 is 0 Å². The quantitative estimate of drug-likeness (QED) is 0.455. The molecule has 24 heavy (non-hydrogen) atoms. The van der Waals surface area contributed by atoms with Gasteiger partial charge in [0.15, 0.2) is 0 Å². The Kier molecular flexibility index (Phi) is 8.05. The highest BCUT2D eigenvalue weighted by atomic mass is 15.2. The van der Waals surface area contributed by atoms with Gasteiger partial charge in [-0.15, -0.1) is 13.2 Å². The van der Waals surface area contributed by atoms with Crippen molar-refractivity contribution in [3.63, 3.8) is 0 Å². The van der Waals surface area contributed by atoms with Crippen LogP contribution in [0.5, 0.6) is 0 Å². The second kappa shape index (κ2) is 9.77. The van der Waals surface area contributed by atoms with Gasteiger partial charge in [0.1, 0.15) is 0 Å². The third kappa shape index (κ3) is 4.38. The molecule has 4 atom stereocenters. The maximum Gasteiger partial charge on any atom is 0.0511 e. The summed E-state index contributed by atoms with van der Waals surface area (Å²) in [7, 11) is 0. The van der Waals surface area contributed by atoms with Crippen molar-refractivity contribution in [2.45, 2.75) is 32.9 Å². The molecule has 0 aliphatic carbocycles. The molecule has 0 amide bonds. The third-order valence-corrected chi connectivity index (χ3v) is 4.66. The van der Waals surface area contributed by atoms with Crippen molar-refractivity contribution in [2.75, 3.05) is 4.90 Å². The summed E-state index contributed by atoms with van der Waals surface area (Å²) in [5.41, 5.74) is 2.38. The summed E-state index contributed by atoms with van der Waals surface area (Å²) >= 11 is 0. The van der Waals surface area contributed by atoms with Gasteiger partial charge in [-0.25, -0.2) is 0 Å². The molecule has 1 saturated heterocycles. The summed E-state index contributed by atoms with van der Waals surface area (Å²) in [5.74, 6) is 1.14. The van der Waals surface area contributed by atoms with Gasteiger partial charge >= 0.3 is 0 Å². The molecule has 2 rings (SSSR count). The van der Waals surface area contributed by atoms with Crippen LogP contribution in [0.3, 0.4) is 0 Å². The minimum atomic E-state index is 0.356. The molecule has 1 fully saturated rings. The first-order valence-corrected chi connectivity index (χ1v) is 8.55. The van der Waals surface area contributed by atoms with Crippen LogP contribution in [0.2, 0.25) is 0 Å². The maximum atomic E-state index is 4.05. The average Bonchev–Trinajstić information content (AvgIpc) is 2.84. The van der Waals surface area contributed by atoms with E-state index in [0.29, 0.717) is 23.9 Å². The summed E-state index contributed by atoms with van der Waals surface area (Å²) in [6.07, 6.45) is 11.8. The molecule has 0 radical (unpaired) electrons. The van der Waals surface area contributed by atoms with Crippen molar-refractivity contribution in [1.29, 1.82) is 0 Å². The molecule has 0 bridgehead atoms. The maximum absolute atomic E-state index is 4.05. The number of hydrogen-bond donors (Lipinski definition) is 0. The molecule has 1 heterocycles. The minimum absolute atomic E-state index is 0.356. The van der Waals surface area contributed by atoms with Crippen LogP contribution in [-0.4, -0.2) is 12.1 Å². The first-order chi connectivity index (χ1) is 11.5. The van der Waals surface area contributed by atoms with Crippen molar-refractivity contribution in [1.82, 2.24) is 0 Å². The van der Waals surface area contributed by atoms with Gasteiger partial charge in [-0.1, -0.05) is 75.6 Å². The monoisotopic (exact) mass is 321 g/mol. The average molecular weight is 322 g/mol. The van der Waals surface area contributed by atoms with E-state index in [1.165, 1.54) is 5.69 Å². The predicted octanol–water partition coefficient (Wildman–Crippen LogP) is 6.28. The van der Waals surface area contributed by atoms with Gasteiger partial charge < -0.3 is 4.90 Å². The van der Waals surface area contributed by atoms with E-state index in [4.69, 9.17) is 0 Å². The van der Waals surface area contributed by atoms with Gasteiger partial charge in [0.25, 0.3) is 0 Å². The molecule has 1 heteroatoms. The van der Waals surface area contributed by atoms with Crippen LogP contribution in [0.4, 0.5) is 5.69 Å².